The van der Waals surface area contributed by atoms with E-state index in [1.807, 2.05) is 18.4 Å². The molecule has 0 fully saturated rings. The number of halogens is 1. The van der Waals surface area contributed by atoms with Crippen molar-refractivity contribution in [3.8, 4) is 0 Å². The van der Waals surface area contributed by atoms with Gasteiger partial charge in [0.2, 0.25) is 0 Å². The van der Waals surface area contributed by atoms with Crippen LogP contribution in [0.15, 0.2) is 21.1 Å². The molecule has 0 saturated heterocycles. The summed E-state index contributed by atoms with van der Waals surface area (Å²) in [5, 5.41) is 5.66. The molecule has 0 atom stereocenters. The second-order valence-electron chi connectivity index (χ2n) is 2.02. The van der Waals surface area contributed by atoms with Crippen molar-refractivity contribution in [1.29, 1.82) is 0 Å². The molecule has 0 radical (unpaired) electrons. The van der Waals surface area contributed by atoms with Crippen molar-refractivity contribution in [2.75, 3.05) is 6.61 Å². The van der Waals surface area contributed by atoms with Gasteiger partial charge in [-0.15, -0.1) is 11.3 Å². The molecule has 0 saturated carbocycles. The molecule has 0 unspecified atom stereocenters. The number of amidine groups is 1. The number of thiophene rings is 1. The summed E-state index contributed by atoms with van der Waals surface area (Å²) in [4.78, 5) is 5.73. The van der Waals surface area contributed by atoms with Crippen LogP contribution in [0.4, 0.5) is 0 Å². The Kier molecular flexibility index (Phi) is 3.55. The minimum atomic E-state index is 0.424. The molecule has 0 aromatic carbocycles. The van der Waals surface area contributed by atoms with E-state index in [1.165, 1.54) is 11.3 Å². The molecule has 3 nitrogen and oxygen atoms in total. The van der Waals surface area contributed by atoms with Gasteiger partial charge in [0, 0.05) is 9.85 Å². The molecule has 0 aliphatic rings. The van der Waals surface area contributed by atoms with Gasteiger partial charge in [-0.05, 0) is 28.9 Å². The summed E-state index contributed by atoms with van der Waals surface area (Å²) in [5.41, 5.74) is 5.61. The van der Waals surface area contributed by atoms with Crippen molar-refractivity contribution in [2.24, 2.45) is 10.9 Å². The number of nitrogens with two attached hydrogens (primary N) is 1. The van der Waals surface area contributed by atoms with E-state index in [9.17, 15) is 0 Å². The van der Waals surface area contributed by atoms with Gasteiger partial charge in [0.25, 0.3) is 0 Å². The molecule has 0 aliphatic carbocycles. The van der Waals surface area contributed by atoms with Gasteiger partial charge in [-0.2, -0.15) is 0 Å². The minimum absolute atomic E-state index is 0.424. The van der Waals surface area contributed by atoms with Crippen molar-refractivity contribution in [2.45, 2.75) is 6.92 Å². The van der Waals surface area contributed by atoms with Gasteiger partial charge in [0.05, 0.1) is 4.88 Å². The molecular formula is C7H9BrN2OS. The van der Waals surface area contributed by atoms with Crippen molar-refractivity contribution in [1.82, 2.24) is 0 Å². The third kappa shape index (κ3) is 2.49. The quantitative estimate of drug-likeness (QED) is 0.507. The van der Waals surface area contributed by atoms with Crippen LogP contribution >= 0.6 is 27.3 Å². The molecule has 66 valence electrons. The molecule has 1 heterocycles. The van der Waals surface area contributed by atoms with Gasteiger partial charge in [0.1, 0.15) is 6.61 Å². The first kappa shape index (κ1) is 9.54. The smallest absolute Gasteiger partial charge is 0.180 e. The Hall–Kier alpha value is -0.550. The molecule has 0 amide bonds. The zero-order valence-electron chi connectivity index (χ0n) is 6.58. The van der Waals surface area contributed by atoms with Gasteiger partial charge in [-0.25, -0.2) is 0 Å². The molecule has 0 aliphatic heterocycles. The highest BCUT2D eigenvalue weighted by molar-refractivity contribution is 9.10. The maximum absolute atomic E-state index is 5.61. The number of hydrogen-bond acceptors (Lipinski definition) is 3. The predicted molar refractivity (Wildman–Crippen MR) is 54.4 cm³/mol. The molecule has 1 aromatic heterocycles. The molecule has 1 rings (SSSR count). The summed E-state index contributed by atoms with van der Waals surface area (Å²) in [6, 6.07) is 1.91. The summed E-state index contributed by atoms with van der Waals surface area (Å²) in [5.74, 6) is 0.424. The lowest BCUT2D eigenvalue weighted by molar-refractivity contribution is 0.158. The van der Waals surface area contributed by atoms with Gasteiger partial charge >= 0.3 is 0 Å². The van der Waals surface area contributed by atoms with Gasteiger partial charge in [-0.3, -0.25) is 0 Å². The third-order valence-electron chi connectivity index (χ3n) is 1.11. The van der Waals surface area contributed by atoms with E-state index in [2.05, 4.69) is 21.1 Å². The first-order chi connectivity index (χ1) is 5.74. The zero-order chi connectivity index (χ0) is 8.97. The lowest BCUT2D eigenvalue weighted by atomic mass is 10.4. The topological polar surface area (TPSA) is 47.6 Å². The maximum atomic E-state index is 5.61. The lowest BCUT2D eigenvalue weighted by Crippen LogP contribution is -2.11. The summed E-state index contributed by atoms with van der Waals surface area (Å²) in [6.07, 6.45) is 0. The minimum Gasteiger partial charge on any atom is -0.394 e. The van der Waals surface area contributed by atoms with E-state index in [4.69, 9.17) is 10.6 Å². The van der Waals surface area contributed by atoms with Crippen molar-refractivity contribution in [3.63, 3.8) is 0 Å². The maximum Gasteiger partial charge on any atom is 0.180 e. The van der Waals surface area contributed by atoms with Crippen LogP contribution in [0, 0.1) is 0 Å². The Morgan fingerprint density at radius 3 is 3.08 bits per heavy atom. The summed E-state index contributed by atoms with van der Waals surface area (Å²) >= 11 is 4.85. The largest absolute Gasteiger partial charge is 0.394 e. The van der Waals surface area contributed by atoms with Crippen LogP contribution in [0.3, 0.4) is 0 Å². The first-order valence-corrected chi connectivity index (χ1v) is 5.11. The van der Waals surface area contributed by atoms with E-state index < -0.39 is 0 Å². The summed E-state index contributed by atoms with van der Waals surface area (Å²) in [6.45, 7) is 2.40. The van der Waals surface area contributed by atoms with Crippen molar-refractivity contribution >= 4 is 33.1 Å². The predicted octanol–water partition coefficient (Wildman–Crippen LogP) is 2.17. The Labute approximate surface area is 83.3 Å². The van der Waals surface area contributed by atoms with E-state index in [1.54, 1.807) is 0 Å². The fourth-order valence-electron chi connectivity index (χ4n) is 0.626. The molecule has 0 spiro atoms. The molecule has 5 heteroatoms. The van der Waals surface area contributed by atoms with E-state index >= 15 is 0 Å². The summed E-state index contributed by atoms with van der Waals surface area (Å²) < 4.78 is 1.01. The number of oxime groups is 1. The number of rotatable bonds is 3. The highest BCUT2D eigenvalue weighted by Crippen LogP contribution is 2.19. The van der Waals surface area contributed by atoms with Gasteiger partial charge in [0.15, 0.2) is 5.84 Å². The SMILES string of the molecule is CCO/N=C(\N)c1cc(Br)cs1. The van der Waals surface area contributed by atoms with E-state index in [-0.39, 0.29) is 0 Å². The van der Waals surface area contributed by atoms with E-state index in [0.29, 0.717) is 12.4 Å². The summed E-state index contributed by atoms with van der Waals surface area (Å²) in [7, 11) is 0. The first-order valence-electron chi connectivity index (χ1n) is 3.44. The van der Waals surface area contributed by atoms with Crippen LogP contribution < -0.4 is 5.73 Å². The van der Waals surface area contributed by atoms with Crippen LogP contribution in [0.25, 0.3) is 0 Å². The Bertz CT molecular complexity index is 285. The van der Waals surface area contributed by atoms with Gasteiger partial charge < -0.3 is 10.6 Å². The standard InChI is InChI=1S/C7H9BrN2OS/c1-2-11-10-7(9)6-3-5(8)4-12-6/h3-4H,2H2,1H3,(H2,9,10). The fourth-order valence-corrected chi connectivity index (χ4v) is 1.95. The highest BCUT2D eigenvalue weighted by Gasteiger charge is 2.01. The molecule has 1 aromatic rings. The van der Waals surface area contributed by atoms with Crippen LogP contribution in [0.5, 0.6) is 0 Å². The van der Waals surface area contributed by atoms with Crippen LogP contribution in [-0.4, -0.2) is 12.4 Å². The van der Waals surface area contributed by atoms with Crippen LogP contribution in [0.1, 0.15) is 11.8 Å². The highest BCUT2D eigenvalue weighted by atomic mass is 79.9. The van der Waals surface area contributed by atoms with E-state index in [0.717, 1.165) is 9.35 Å². The monoisotopic (exact) mass is 248 g/mol. The Morgan fingerprint density at radius 2 is 2.58 bits per heavy atom. The van der Waals surface area contributed by atoms with Crippen LogP contribution in [0.2, 0.25) is 0 Å². The molecule has 2 N–H and O–H groups in total. The average Bonchev–Trinajstić information content (AvgIpc) is 2.47. The average molecular weight is 249 g/mol. The van der Waals surface area contributed by atoms with Gasteiger partial charge in [-0.1, -0.05) is 5.16 Å². The fraction of sp³-hybridized carbons (Fsp3) is 0.286. The van der Waals surface area contributed by atoms with Crippen molar-refractivity contribution in [3.05, 3.63) is 20.8 Å². The molecular weight excluding hydrogens is 240 g/mol. The second-order valence-corrected chi connectivity index (χ2v) is 3.85. The van der Waals surface area contributed by atoms with Crippen LogP contribution in [-0.2, 0) is 4.84 Å². The molecule has 12 heavy (non-hydrogen) atoms. The number of hydrogen-bond donors (Lipinski definition) is 1. The Morgan fingerprint density at radius 1 is 1.83 bits per heavy atom. The normalized spacial score (nSPS) is 11.7. The second kappa shape index (κ2) is 4.47. The lowest BCUT2D eigenvalue weighted by Gasteiger charge is -1.95. The molecule has 0 bridgehead atoms. The zero-order valence-corrected chi connectivity index (χ0v) is 8.98. The number of nitrogens with zero attached hydrogens (tertiary/aromatic N) is 1. The Balaban J connectivity index is 2.70. The van der Waals surface area contributed by atoms with Crippen molar-refractivity contribution < 1.29 is 4.84 Å². The third-order valence-corrected chi connectivity index (χ3v) is 2.83.